The van der Waals surface area contributed by atoms with Crippen molar-refractivity contribution >= 4 is 5.91 Å². The molecule has 1 unspecified atom stereocenters. The number of aryl methyl sites for hydroxylation is 1. The van der Waals surface area contributed by atoms with E-state index in [1.54, 1.807) is 12.3 Å². The van der Waals surface area contributed by atoms with E-state index in [-0.39, 0.29) is 5.91 Å². The Balaban J connectivity index is 1.98. The maximum atomic E-state index is 12.0. The standard InChI is InChI=1S/C16H19NO2/c1-3-13(14-7-5-4-6-8-14)11-17-16(18)15-12(2)9-10-19-15/h4-10,13H,3,11H2,1-2H3,(H,17,18). The van der Waals surface area contributed by atoms with Crippen molar-refractivity contribution in [3.8, 4) is 0 Å². The SMILES string of the molecule is CCC(CNC(=O)c1occc1C)c1ccccc1. The second-order valence-electron chi connectivity index (χ2n) is 4.66. The lowest BCUT2D eigenvalue weighted by atomic mass is 9.96. The molecule has 1 N–H and O–H groups in total. The maximum absolute atomic E-state index is 12.0. The Hall–Kier alpha value is -2.03. The molecule has 0 fully saturated rings. The van der Waals surface area contributed by atoms with Crippen molar-refractivity contribution in [2.24, 2.45) is 0 Å². The maximum Gasteiger partial charge on any atom is 0.287 e. The molecule has 0 radical (unpaired) electrons. The van der Waals surface area contributed by atoms with Gasteiger partial charge in [-0.05, 0) is 25.0 Å². The molecule has 0 spiro atoms. The van der Waals surface area contributed by atoms with E-state index in [0.717, 1.165) is 12.0 Å². The fourth-order valence-corrected chi connectivity index (χ4v) is 2.12. The predicted molar refractivity (Wildman–Crippen MR) is 75.3 cm³/mol. The van der Waals surface area contributed by atoms with E-state index in [9.17, 15) is 4.79 Å². The van der Waals surface area contributed by atoms with Crippen LogP contribution in [0.3, 0.4) is 0 Å². The average molecular weight is 257 g/mol. The third-order valence-corrected chi connectivity index (χ3v) is 3.34. The highest BCUT2D eigenvalue weighted by Gasteiger charge is 2.15. The van der Waals surface area contributed by atoms with Crippen molar-refractivity contribution in [3.63, 3.8) is 0 Å². The number of hydrogen-bond donors (Lipinski definition) is 1. The Morgan fingerprint density at radius 3 is 2.58 bits per heavy atom. The number of nitrogens with one attached hydrogen (secondary N) is 1. The molecule has 1 aromatic carbocycles. The third kappa shape index (κ3) is 3.25. The summed E-state index contributed by atoms with van der Waals surface area (Å²) in [6, 6.07) is 12.0. The number of carbonyl (C=O) groups excluding carboxylic acids is 1. The number of hydrogen-bond acceptors (Lipinski definition) is 2. The predicted octanol–water partition coefficient (Wildman–Crippen LogP) is 3.51. The Kier molecular flexibility index (Phi) is 4.39. The molecule has 3 heteroatoms. The van der Waals surface area contributed by atoms with Gasteiger partial charge >= 0.3 is 0 Å². The number of carbonyl (C=O) groups is 1. The number of rotatable bonds is 5. The number of amides is 1. The van der Waals surface area contributed by atoms with Gasteiger partial charge in [-0.25, -0.2) is 0 Å². The van der Waals surface area contributed by atoms with E-state index in [2.05, 4.69) is 24.4 Å². The van der Waals surface area contributed by atoms with Crippen molar-refractivity contribution in [1.29, 1.82) is 0 Å². The first-order valence-electron chi connectivity index (χ1n) is 6.59. The molecule has 1 amide bonds. The zero-order valence-corrected chi connectivity index (χ0v) is 11.3. The highest BCUT2D eigenvalue weighted by Crippen LogP contribution is 2.18. The van der Waals surface area contributed by atoms with Gasteiger partial charge in [-0.2, -0.15) is 0 Å². The molecule has 1 heterocycles. The van der Waals surface area contributed by atoms with Crippen LogP contribution in [0.15, 0.2) is 47.1 Å². The largest absolute Gasteiger partial charge is 0.459 e. The van der Waals surface area contributed by atoms with Crippen molar-refractivity contribution in [2.45, 2.75) is 26.2 Å². The van der Waals surface area contributed by atoms with Crippen molar-refractivity contribution in [1.82, 2.24) is 5.32 Å². The summed E-state index contributed by atoms with van der Waals surface area (Å²) < 4.78 is 5.19. The van der Waals surface area contributed by atoms with Crippen LogP contribution in [0.25, 0.3) is 0 Å². The molecule has 100 valence electrons. The lowest BCUT2D eigenvalue weighted by molar-refractivity contribution is 0.0922. The van der Waals surface area contributed by atoms with Gasteiger partial charge in [0.1, 0.15) is 0 Å². The van der Waals surface area contributed by atoms with Gasteiger partial charge in [-0.15, -0.1) is 0 Å². The van der Waals surface area contributed by atoms with Crippen LogP contribution < -0.4 is 5.32 Å². The van der Waals surface area contributed by atoms with Crippen molar-refractivity contribution in [2.75, 3.05) is 6.54 Å². The summed E-state index contributed by atoms with van der Waals surface area (Å²) in [5.74, 6) is 0.597. The number of benzene rings is 1. The molecule has 0 bridgehead atoms. The van der Waals surface area contributed by atoms with Gasteiger partial charge in [-0.3, -0.25) is 4.79 Å². The molecule has 0 aliphatic rings. The van der Waals surface area contributed by atoms with Gasteiger partial charge in [0.15, 0.2) is 5.76 Å². The lowest BCUT2D eigenvalue weighted by Gasteiger charge is -2.15. The van der Waals surface area contributed by atoms with Crippen LogP contribution in [0, 0.1) is 6.92 Å². The monoisotopic (exact) mass is 257 g/mol. The van der Waals surface area contributed by atoms with E-state index < -0.39 is 0 Å². The van der Waals surface area contributed by atoms with Crippen LogP contribution in [-0.4, -0.2) is 12.5 Å². The summed E-state index contributed by atoms with van der Waals surface area (Å²) in [7, 11) is 0. The van der Waals surface area contributed by atoms with Gasteiger partial charge < -0.3 is 9.73 Å². The topological polar surface area (TPSA) is 42.2 Å². The minimum absolute atomic E-state index is 0.142. The molecule has 0 saturated carbocycles. The quantitative estimate of drug-likeness (QED) is 0.890. The Bertz CT molecular complexity index is 531. The second kappa shape index (κ2) is 6.23. The first-order chi connectivity index (χ1) is 9.22. The first-order valence-corrected chi connectivity index (χ1v) is 6.59. The minimum atomic E-state index is -0.142. The molecule has 1 atom stereocenters. The Labute approximate surface area is 113 Å². The Morgan fingerprint density at radius 2 is 2.00 bits per heavy atom. The van der Waals surface area contributed by atoms with Crippen molar-refractivity contribution < 1.29 is 9.21 Å². The molecule has 19 heavy (non-hydrogen) atoms. The van der Waals surface area contributed by atoms with E-state index in [1.165, 1.54) is 5.56 Å². The zero-order chi connectivity index (χ0) is 13.7. The van der Waals surface area contributed by atoms with Crippen LogP contribution in [0.4, 0.5) is 0 Å². The fourth-order valence-electron chi connectivity index (χ4n) is 2.12. The van der Waals surface area contributed by atoms with Gasteiger partial charge in [0.2, 0.25) is 0 Å². The average Bonchev–Trinajstić information content (AvgIpc) is 2.87. The highest BCUT2D eigenvalue weighted by molar-refractivity contribution is 5.92. The van der Waals surface area contributed by atoms with Gasteiger partial charge in [-0.1, -0.05) is 37.3 Å². The second-order valence-corrected chi connectivity index (χ2v) is 4.66. The van der Waals surface area contributed by atoms with E-state index >= 15 is 0 Å². The van der Waals surface area contributed by atoms with Crippen LogP contribution in [-0.2, 0) is 0 Å². The summed E-state index contributed by atoms with van der Waals surface area (Å²) in [6.07, 6.45) is 2.53. The summed E-state index contributed by atoms with van der Waals surface area (Å²) in [6.45, 7) is 4.62. The van der Waals surface area contributed by atoms with Crippen LogP contribution in [0.5, 0.6) is 0 Å². The number of furan rings is 1. The molecule has 1 aromatic heterocycles. The first kappa shape index (κ1) is 13.4. The fraction of sp³-hybridized carbons (Fsp3) is 0.312. The molecule has 0 aliphatic heterocycles. The van der Waals surface area contributed by atoms with Crippen LogP contribution >= 0.6 is 0 Å². The van der Waals surface area contributed by atoms with E-state index in [1.807, 2.05) is 25.1 Å². The summed E-state index contributed by atoms with van der Waals surface area (Å²) in [4.78, 5) is 12.0. The molecule has 0 aliphatic carbocycles. The van der Waals surface area contributed by atoms with Gasteiger partial charge in [0, 0.05) is 18.0 Å². The van der Waals surface area contributed by atoms with Crippen molar-refractivity contribution in [3.05, 3.63) is 59.5 Å². The smallest absolute Gasteiger partial charge is 0.287 e. The van der Waals surface area contributed by atoms with E-state index in [4.69, 9.17) is 4.42 Å². The summed E-state index contributed by atoms with van der Waals surface area (Å²) in [5.41, 5.74) is 2.12. The summed E-state index contributed by atoms with van der Waals surface area (Å²) >= 11 is 0. The third-order valence-electron chi connectivity index (χ3n) is 3.34. The zero-order valence-electron chi connectivity index (χ0n) is 11.3. The molecular formula is C16H19NO2. The molecule has 2 rings (SSSR count). The highest BCUT2D eigenvalue weighted by atomic mass is 16.3. The van der Waals surface area contributed by atoms with Crippen LogP contribution in [0.1, 0.15) is 40.9 Å². The van der Waals surface area contributed by atoms with Gasteiger partial charge in [0.05, 0.1) is 6.26 Å². The molecule has 0 saturated heterocycles. The normalized spacial score (nSPS) is 12.1. The lowest BCUT2D eigenvalue weighted by Crippen LogP contribution is -2.28. The van der Waals surface area contributed by atoms with Gasteiger partial charge in [0.25, 0.3) is 5.91 Å². The molecule has 2 aromatic rings. The Morgan fingerprint density at radius 1 is 1.26 bits per heavy atom. The van der Waals surface area contributed by atoms with Crippen LogP contribution in [0.2, 0.25) is 0 Å². The summed E-state index contributed by atoms with van der Waals surface area (Å²) in [5, 5.41) is 2.94. The molecule has 3 nitrogen and oxygen atoms in total. The van der Waals surface area contributed by atoms with E-state index in [0.29, 0.717) is 18.2 Å². The molecular weight excluding hydrogens is 238 g/mol. The minimum Gasteiger partial charge on any atom is -0.459 e.